The molecule has 1 rings (SSSR count). The van der Waals surface area contributed by atoms with E-state index in [9.17, 15) is 13.2 Å². The van der Waals surface area contributed by atoms with E-state index in [2.05, 4.69) is 0 Å². The van der Waals surface area contributed by atoms with Gasteiger partial charge in [0, 0.05) is 21.1 Å². The minimum absolute atomic E-state index is 0.0479. The summed E-state index contributed by atoms with van der Waals surface area (Å²) in [5.74, 6) is -0.329. The highest BCUT2D eigenvalue weighted by atomic mass is 35.5. The maximum absolute atomic E-state index is 12.3. The molecule has 0 unspecified atom stereocenters. The van der Waals surface area contributed by atoms with Crippen LogP contribution in [0.2, 0.25) is 10.0 Å². The zero-order valence-corrected chi connectivity index (χ0v) is 13.1. The van der Waals surface area contributed by atoms with E-state index in [-0.39, 0.29) is 27.4 Å². The summed E-state index contributed by atoms with van der Waals surface area (Å²) >= 11 is 11.7. The molecule has 106 valence electrons. The molecule has 0 radical (unpaired) electrons. The van der Waals surface area contributed by atoms with Crippen LogP contribution in [-0.2, 0) is 14.8 Å². The lowest BCUT2D eigenvalue weighted by atomic mass is 10.4. The lowest BCUT2D eigenvalue weighted by molar-refractivity contribution is -0.128. The molecular weight excluding hydrogens is 311 g/mol. The highest BCUT2D eigenvalue weighted by Gasteiger charge is 2.26. The second-order valence-electron chi connectivity index (χ2n) is 4.10. The first-order valence-corrected chi connectivity index (χ1v) is 7.48. The molecule has 0 saturated heterocycles. The molecule has 8 heteroatoms. The van der Waals surface area contributed by atoms with Gasteiger partial charge in [0.2, 0.25) is 15.9 Å². The van der Waals surface area contributed by atoms with Crippen molar-refractivity contribution >= 4 is 39.1 Å². The Bertz CT molecular complexity index is 588. The molecule has 0 bridgehead atoms. The average Bonchev–Trinajstić information content (AvgIpc) is 2.32. The van der Waals surface area contributed by atoms with Gasteiger partial charge in [0.05, 0.1) is 16.6 Å². The Morgan fingerprint density at radius 1 is 1.21 bits per heavy atom. The van der Waals surface area contributed by atoms with Crippen molar-refractivity contribution in [1.82, 2.24) is 9.21 Å². The second kappa shape index (κ2) is 6.09. The van der Waals surface area contributed by atoms with Crippen LogP contribution < -0.4 is 0 Å². The van der Waals surface area contributed by atoms with Crippen LogP contribution in [0.3, 0.4) is 0 Å². The summed E-state index contributed by atoms with van der Waals surface area (Å²) in [7, 11) is 0.564. The lowest BCUT2D eigenvalue weighted by Gasteiger charge is -2.19. The molecule has 5 nitrogen and oxygen atoms in total. The standard InChI is InChI=1S/C11H14Cl2N2O3S/c1-14(2)10(16)7-15(3)19(17,18)9-6-4-5-8(12)11(9)13/h4-6H,7H2,1-3H3. The summed E-state index contributed by atoms with van der Waals surface area (Å²) in [6, 6.07) is 4.33. The van der Waals surface area contributed by atoms with E-state index >= 15 is 0 Å². The number of benzene rings is 1. The van der Waals surface area contributed by atoms with Gasteiger partial charge in [-0.25, -0.2) is 8.42 Å². The molecule has 0 fully saturated rings. The lowest BCUT2D eigenvalue weighted by Crippen LogP contribution is -2.37. The summed E-state index contributed by atoms with van der Waals surface area (Å²) in [5, 5.41) is 0.100. The molecule has 0 atom stereocenters. The van der Waals surface area contributed by atoms with Crippen molar-refractivity contribution < 1.29 is 13.2 Å². The fraction of sp³-hybridized carbons (Fsp3) is 0.364. The monoisotopic (exact) mass is 324 g/mol. The van der Waals surface area contributed by atoms with Crippen molar-refractivity contribution in [2.24, 2.45) is 0 Å². The first kappa shape index (κ1) is 16.2. The molecule has 0 heterocycles. The third kappa shape index (κ3) is 3.60. The predicted octanol–water partition coefficient (Wildman–Crippen LogP) is 1.70. The number of halogens is 2. The number of carbonyl (C=O) groups is 1. The Morgan fingerprint density at radius 3 is 2.32 bits per heavy atom. The topological polar surface area (TPSA) is 57.7 Å². The highest BCUT2D eigenvalue weighted by molar-refractivity contribution is 7.89. The van der Waals surface area contributed by atoms with Crippen LogP contribution in [0.4, 0.5) is 0 Å². The molecular formula is C11H14Cl2N2O3S. The van der Waals surface area contributed by atoms with Crippen molar-refractivity contribution in [3.8, 4) is 0 Å². The van der Waals surface area contributed by atoms with Crippen LogP contribution >= 0.6 is 23.2 Å². The largest absolute Gasteiger partial charge is 0.348 e. The molecule has 0 saturated carbocycles. The van der Waals surface area contributed by atoms with Crippen LogP contribution in [-0.4, -0.2) is 51.2 Å². The smallest absolute Gasteiger partial charge is 0.244 e. The van der Waals surface area contributed by atoms with Crippen LogP contribution in [0.5, 0.6) is 0 Å². The van der Waals surface area contributed by atoms with Gasteiger partial charge in [-0.2, -0.15) is 4.31 Å². The number of hydrogen-bond donors (Lipinski definition) is 0. The number of amides is 1. The number of likely N-dealkylation sites (N-methyl/N-ethyl adjacent to an activating group) is 2. The van der Waals surface area contributed by atoms with E-state index < -0.39 is 10.0 Å². The molecule has 0 spiro atoms. The molecule has 0 N–H and O–H groups in total. The van der Waals surface area contributed by atoms with E-state index in [1.54, 1.807) is 14.1 Å². The van der Waals surface area contributed by atoms with Gasteiger partial charge in [-0.3, -0.25) is 4.79 Å². The normalized spacial score (nSPS) is 11.7. The Balaban J connectivity index is 3.11. The van der Waals surface area contributed by atoms with Crippen molar-refractivity contribution in [2.75, 3.05) is 27.7 Å². The Kier molecular flexibility index (Phi) is 5.20. The molecule has 0 aromatic heterocycles. The van der Waals surface area contributed by atoms with E-state index in [0.29, 0.717) is 0 Å². The van der Waals surface area contributed by atoms with Crippen molar-refractivity contribution in [3.05, 3.63) is 28.2 Å². The zero-order chi connectivity index (χ0) is 14.8. The average molecular weight is 325 g/mol. The first-order valence-electron chi connectivity index (χ1n) is 5.28. The van der Waals surface area contributed by atoms with Crippen LogP contribution in [0, 0.1) is 0 Å². The minimum atomic E-state index is -3.85. The highest BCUT2D eigenvalue weighted by Crippen LogP contribution is 2.30. The summed E-state index contributed by atoms with van der Waals surface area (Å²) in [4.78, 5) is 12.7. The molecule has 0 aliphatic heterocycles. The fourth-order valence-corrected chi connectivity index (χ4v) is 3.12. The Labute approximate surface area is 122 Å². The van der Waals surface area contributed by atoms with Crippen LogP contribution in [0.25, 0.3) is 0 Å². The number of sulfonamides is 1. The predicted molar refractivity (Wildman–Crippen MR) is 75.0 cm³/mol. The third-order valence-corrected chi connectivity index (χ3v) is 5.24. The van der Waals surface area contributed by atoms with Crippen molar-refractivity contribution in [1.29, 1.82) is 0 Å². The van der Waals surface area contributed by atoms with Gasteiger partial charge in [0.25, 0.3) is 0 Å². The SMILES string of the molecule is CN(C)C(=O)CN(C)S(=O)(=O)c1cccc(Cl)c1Cl. The van der Waals surface area contributed by atoms with Crippen molar-refractivity contribution in [2.45, 2.75) is 4.90 Å². The molecule has 1 aromatic carbocycles. The third-order valence-electron chi connectivity index (χ3n) is 2.46. The van der Waals surface area contributed by atoms with Gasteiger partial charge in [-0.1, -0.05) is 29.3 Å². The van der Waals surface area contributed by atoms with Gasteiger partial charge in [-0.05, 0) is 12.1 Å². The van der Waals surface area contributed by atoms with Gasteiger partial charge in [-0.15, -0.1) is 0 Å². The summed E-state index contributed by atoms with van der Waals surface area (Å²) < 4.78 is 25.5. The maximum atomic E-state index is 12.3. The van der Waals surface area contributed by atoms with Gasteiger partial charge in [0.15, 0.2) is 0 Å². The molecule has 1 aromatic rings. The second-order valence-corrected chi connectivity index (χ2v) is 6.90. The Hall–Kier alpha value is -0.820. The molecule has 1 amide bonds. The Morgan fingerprint density at radius 2 is 1.79 bits per heavy atom. The van der Waals surface area contributed by atoms with E-state index in [1.165, 1.54) is 30.1 Å². The van der Waals surface area contributed by atoms with Crippen molar-refractivity contribution in [3.63, 3.8) is 0 Å². The maximum Gasteiger partial charge on any atom is 0.244 e. The first-order chi connectivity index (χ1) is 8.67. The number of hydrogen-bond acceptors (Lipinski definition) is 3. The number of rotatable bonds is 4. The van der Waals surface area contributed by atoms with Gasteiger partial charge in [0.1, 0.15) is 4.90 Å². The van der Waals surface area contributed by atoms with Gasteiger partial charge >= 0.3 is 0 Å². The quantitative estimate of drug-likeness (QED) is 0.847. The van der Waals surface area contributed by atoms with Crippen LogP contribution in [0.15, 0.2) is 23.1 Å². The molecule has 19 heavy (non-hydrogen) atoms. The summed E-state index contributed by atoms with van der Waals surface area (Å²) in [5.41, 5.74) is 0. The van der Waals surface area contributed by atoms with Gasteiger partial charge < -0.3 is 4.90 Å². The summed E-state index contributed by atoms with van der Waals surface area (Å²) in [6.07, 6.45) is 0. The fourth-order valence-electron chi connectivity index (χ4n) is 1.27. The molecule has 0 aliphatic carbocycles. The van der Waals surface area contributed by atoms with E-state index in [0.717, 1.165) is 4.31 Å². The number of nitrogens with zero attached hydrogens (tertiary/aromatic N) is 2. The van der Waals surface area contributed by atoms with E-state index in [4.69, 9.17) is 23.2 Å². The number of carbonyl (C=O) groups excluding carboxylic acids is 1. The summed E-state index contributed by atoms with van der Waals surface area (Å²) in [6.45, 7) is -0.266. The van der Waals surface area contributed by atoms with Crippen LogP contribution in [0.1, 0.15) is 0 Å². The molecule has 0 aliphatic rings. The van der Waals surface area contributed by atoms with E-state index in [1.807, 2.05) is 0 Å². The minimum Gasteiger partial charge on any atom is -0.348 e. The zero-order valence-electron chi connectivity index (χ0n) is 10.7.